The number of amides is 1. The molecule has 32 heavy (non-hydrogen) atoms. The minimum atomic E-state index is 0.0136. The molecule has 0 saturated carbocycles. The monoisotopic (exact) mass is 448 g/mol. The van der Waals surface area contributed by atoms with E-state index in [1.165, 1.54) is 4.80 Å². The lowest BCUT2D eigenvalue weighted by atomic mass is 10.0. The molecule has 2 fully saturated rings. The summed E-state index contributed by atoms with van der Waals surface area (Å²) in [6, 6.07) is 12.2. The van der Waals surface area contributed by atoms with Gasteiger partial charge in [0.25, 0.3) is 11.9 Å². The summed E-state index contributed by atoms with van der Waals surface area (Å²) in [6.07, 6.45) is 4.99. The maximum Gasteiger partial charge on any atom is 0.298 e. The van der Waals surface area contributed by atoms with E-state index < -0.39 is 0 Å². The molecule has 162 valence electrons. The molecule has 2 saturated heterocycles. The first-order chi connectivity index (χ1) is 15.6. The molecule has 0 spiro atoms. The molecule has 1 amide bonds. The van der Waals surface area contributed by atoms with Crippen molar-refractivity contribution in [2.45, 2.75) is 31.8 Å². The molecule has 4 heterocycles. The Balaban J connectivity index is 1.29. The Morgan fingerprint density at radius 3 is 2.81 bits per heavy atom. The van der Waals surface area contributed by atoms with Crippen LogP contribution in [0, 0.1) is 6.92 Å². The molecule has 2 aromatic carbocycles. The number of likely N-dealkylation sites (tertiary alicyclic amines) is 1. The summed E-state index contributed by atoms with van der Waals surface area (Å²) in [5.74, 6) is 0.0136. The van der Waals surface area contributed by atoms with E-state index in [9.17, 15) is 4.79 Å². The van der Waals surface area contributed by atoms with Gasteiger partial charge in [0.15, 0.2) is 5.58 Å². The summed E-state index contributed by atoms with van der Waals surface area (Å²) >= 11 is 6.10. The third kappa shape index (κ3) is 3.14. The predicted octanol–water partition coefficient (Wildman–Crippen LogP) is 3.86. The SMILES string of the molecule is Cc1ccc(-n2nccn2)c(C(=O)N2C[C@H]3C[C@@H]2CCN3c2nc3cc(Cl)ccc3o2)c1. The van der Waals surface area contributed by atoms with E-state index in [0.29, 0.717) is 34.4 Å². The number of rotatable bonds is 3. The number of aromatic nitrogens is 4. The number of carbonyl (C=O) groups is 1. The number of hydrogen-bond donors (Lipinski definition) is 0. The zero-order valence-corrected chi connectivity index (χ0v) is 18.2. The van der Waals surface area contributed by atoms with Crippen molar-refractivity contribution in [1.29, 1.82) is 0 Å². The van der Waals surface area contributed by atoms with E-state index >= 15 is 0 Å². The van der Waals surface area contributed by atoms with Crippen LogP contribution >= 0.6 is 11.6 Å². The number of benzene rings is 2. The smallest absolute Gasteiger partial charge is 0.298 e. The highest BCUT2D eigenvalue weighted by molar-refractivity contribution is 6.31. The van der Waals surface area contributed by atoms with Crippen molar-refractivity contribution in [3.8, 4) is 5.69 Å². The Morgan fingerprint density at radius 1 is 1.12 bits per heavy atom. The Kier molecular flexibility index (Phi) is 4.43. The highest BCUT2D eigenvalue weighted by atomic mass is 35.5. The standard InChI is InChI=1S/C23H21ClN6O2/c1-14-2-4-20(30-25-7-8-26-30)18(10-14)22(31)29-13-17-12-16(29)6-9-28(17)23-27-19-11-15(24)3-5-21(19)32-23/h2-5,7-8,10-11,16-17H,6,9,12-13H2,1H3/t16-,17+/m0/s1. The van der Waals surface area contributed by atoms with E-state index in [1.807, 2.05) is 42.2 Å². The quantitative estimate of drug-likeness (QED) is 0.473. The largest absolute Gasteiger partial charge is 0.423 e. The Hall–Kier alpha value is -3.39. The van der Waals surface area contributed by atoms with Gasteiger partial charge >= 0.3 is 0 Å². The van der Waals surface area contributed by atoms with E-state index in [4.69, 9.17) is 16.0 Å². The van der Waals surface area contributed by atoms with Crippen molar-refractivity contribution in [3.63, 3.8) is 0 Å². The lowest BCUT2D eigenvalue weighted by Gasteiger charge is -2.31. The molecule has 2 aliphatic rings. The van der Waals surface area contributed by atoms with Crippen LogP contribution < -0.4 is 4.90 Å². The van der Waals surface area contributed by atoms with Gasteiger partial charge in [-0.3, -0.25) is 4.79 Å². The van der Waals surface area contributed by atoms with Crippen molar-refractivity contribution in [1.82, 2.24) is 24.9 Å². The van der Waals surface area contributed by atoms with Gasteiger partial charge in [0, 0.05) is 24.2 Å². The summed E-state index contributed by atoms with van der Waals surface area (Å²) in [7, 11) is 0. The molecule has 0 aliphatic carbocycles. The van der Waals surface area contributed by atoms with E-state index in [2.05, 4.69) is 20.1 Å². The first-order valence-electron chi connectivity index (χ1n) is 10.7. The molecule has 8 nitrogen and oxygen atoms in total. The average Bonchev–Trinajstić information content (AvgIpc) is 3.52. The fourth-order valence-corrected chi connectivity index (χ4v) is 5.03. The van der Waals surface area contributed by atoms with Gasteiger partial charge in [-0.25, -0.2) is 0 Å². The normalized spacial score (nSPS) is 20.3. The van der Waals surface area contributed by atoms with Gasteiger partial charge in [-0.15, -0.1) is 0 Å². The van der Waals surface area contributed by atoms with Crippen LogP contribution in [0.4, 0.5) is 6.01 Å². The molecule has 0 radical (unpaired) electrons. The van der Waals surface area contributed by atoms with Crippen LogP contribution in [0.3, 0.4) is 0 Å². The number of fused-ring (bicyclic) bond motifs is 3. The highest BCUT2D eigenvalue weighted by Crippen LogP contribution is 2.36. The summed E-state index contributed by atoms with van der Waals surface area (Å²) in [6.45, 7) is 3.41. The van der Waals surface area contributed by atoms with E-state index in [-0.39, 0.29) is 18.0 Å². The number of oxazole rings is 1. The molecular formula is C23H21ClN6O2. The maximum atomic E-state index is 13.7. The van der Waals surface area contributed by atoms with Gasteiger partial charge in [0.2, 0.25) is 0 Å². The molecular weight excluding hydrogens is 428 g/mol. The minimum absolute atomic E-state index is 0.0136. The zero-order chi connectivity index (χ0) is 21.8. The van der Waals surface area contributed by atoms with E-state index in [0.717, 1.165) is 30.5 Å². The highest BCUT2D eigenvalue weighted by Gasteiger charge is 2.43. The third-order valence-corrected chi connectivity index (χ3v) is 6.63. The Labute approximate surface area is 189 Å². The minimum Gasteiger partial charge on any atom is -0.423 e. The molecule has 2 aliphatic heterocycles. The van der Waals surface area contributed by atoms with Crippen molar-refractivity contribution < 1.29 is 9.21 Å². The van der Waals surface area contributed by atoms with Gasteiger partial charge in [-0.2, -0.15) is 20.0 Å². The fourth-order valence-electron chi connectivity index (χ4n) is 4.86. The molecule has 0 N–H and O–H groups in total. The number of aryl methyl sites for hydroxylation is 1. The Bertz CT molecular complexity index is 1320. The number of piperidine rings is 1. The van der Waals surface area contributed by atoms with Crippen LogP contribution in [-0.4, -0.2) is 56.0 Å². The Morgan fingerprint density at radius 2 is 1.97 bits per heavy atom. The first kappa shape index (κ1) is 19.3. The molecule has 0 unspecified atom stereocenters. The van der Waals surface area contributed by atoms with Crippen molar-refractivity contribution >= 4 is 34.6 Å². The zero-order valence-electron chi connectivity index (χ0n) is 17.5. The second-order valence-electron chi connectivity index (χ2n) is 8.43. The second kappa shape index (κ2) is 7.34. The topological polar surface area (TPSA) is 80.3 Å². The van der Waals surface area contributed by atoms with Crippen LogP contribution in [0.1, 0.15) is 28.8 Å². The second-order valence-corrected chi connectivity index (χ2v) is 8.87. The van der Waals surface area contributed by atoms with Gasteiger partial charge in [-0.1, -0.05) is 23.2 Å². The number of halogens is 1. The fraction of sp³-hybridized carbons (Fsp3) is 0.304. The van der Waals surface area contributed by atoms with Gasteiger partial charge in [0.05, 0.1) is 29.7 Å². The number of hydrogen-bond acceptors (Lipinski definition) is 6. The average molecular weight is 449 g/mol. The lowest BCUT2D eigenvalue weighted by molar-refractivity contribution is 0.0735. The van der Waals surface area contributed by atoms with Crippen LogP contribution in [-0.2, 0) is 0 Å². The van der Waals surface area contributed by atoms with Gasteiger partial charge in [0.1, 0.15) is 5.52 Å². The predicted molar refractivity (Wildman–Crippen MR) is 120 cm³/mol. The molecule has 2 aromatic heterocycles. The summed E-state index contributed by atoms with van der Waals surface area (Å²) in [5, 5.41) is 9.09. The van der Waals surface area contributed by atoms with Gasteiger partial charge < -0.3 is 14.2 Å². The van der Waals surface area contributed by atoms with Crippen LogP contribution in [0.15, 0.2) is 53.2 Å². The summed E-state index contributed by atoms with van der Waals surface area (Å²) < 4.78 is 6.01. The molecule has 9 heteroatoms. The number of carbonyl (C=O) groups excluding carboxylic acids is 1. The molecule has 6 rings (SSSR count). The van der Waals surface area contributed by atoms with Crippen molar-refractivity contribution in [3.05, 3.63) is 64.9 Å². The maximum absolute atomic E-state index is 13.7. The summed E-state index contributed by atoms with van der Waals surface area (Å²) in [4.78, 5) is 24.0. The van der Waals surface area contributed by atoms with Crippen LogP contribution in [0.25, 0.3) is 16.8 Å². The van der Waals surface area contributed by atoms with Crippen molar-refractivity contribution in [2.75, 3.05) is 18.0 Å². The first-order valence-corrected chi connectivity index (χ1v) is 11.1. The van der Waals surface area contributed by atoms with Crippen LogP contribution in [0.2, 0.25) is 5.02 Å². The molecule has 2 atom stereocenters. The number of anilines is 1. The lowest BCUT2D eigenvalue weighted by Crippen LogP contribution is -2.40. The van der Waals surface area contributed by atoms with Crippen molar-refractivity contribution in [2.24, 2.45) is 0 Å². The third-order valence-electron chi connectivity index (χ3n) is 6.40. The number of nitrogens with zero attached hydrogens (tertiary/aromatic N) is 6. The van der Waals surface area contributed by atoms with Gasteiger partial charge in [-0.05, 0) is 50.1 Å². The molecule has 2 bridgehead atoms. The molecule has 4 aromatic rings. The summed E-state index contributed by atoms with van der Waals surface area (Å²) in [5.41, 5.74) is 3.81. The van der Waals surface area contributed by atoms with Crippen LogP contribution in [0.5, 0.6) is 0 Å². The van der Waals surface area contributed by atoms with E-state index in [1.54, 1.807) is 18.5 Å².